The topological polar surface area (TPSA) is 39.6 Å². The highest BCUT2D eigenvalue weighted by atomic mass is 79.9. The first-order valence-electron chi connectivity index (χ1n) is 7.50. The molecule has 0 aromatic carbocycles. The van der Waals surface area contributed by atoms with Crippen molar-refractivity contribution in [2.45, 2.75) is 37.8 Å². The number of anilines is 1. The van der Waals surface area contributed by atoms with Gasteiger partial charge in [0, 0.05) is 35.8 Å². The Morgan fingerprint density at radius 1 is 1.20 bits per heavy atom. The largest absolute Gasteiger partial charge is 0.395 e. The molecule has 0 spiro atoms. The Morgan fingerprint density at radius 3 is 2.80 bits per heavy atom. The van der Waals surface area contributed by atoms with Crippen LogP contribution in [-0.4, -0.2) is 53.3 Å². The van der Waals surface area contributed by atoms with Crippen molar-refractivity contribution in [3.63, 3.8) is 0 Å². The summed E-state index contributed by atoms with van der Waals surface area (Å²) in [4.78, 5) is 9.23. The van der Waals surface area contributed by atoms with Crippen molar-refractivity contribution >= 4 is 21.6 Å². The third kappa shape index (κ3) is 3.00. The molecule has 2 saturated heterocycles. The van der Waals surface area contributed by atoms with Crippen LogP contribution in [-0.2, 0) is 0 Å². The van der Waals surface area contributed by atoms with Gasteiger partial charge in [0.05, 0.1) is 18.5 Å². The third-order valence-electron chi connectivity index (χ3n) is 4.55. The van der Waals surface area contributed by atoms with Gasteiger partial charge < -0.3 is 10.0 Å². The molecule has 1 aromatic heterocycles. The van der Waals surface area contributed by atoms with E-state index in [2.05, 4.69) is 36.8 Å². The fraction of sp³-hybridized carbons (Fsp3) is 0.667. The number of aliphatic hydroxyl groups is 1. The number of likely N-dealkylation sites (tertiary alicyclic amines) is 1. The molecule has 0 aliphatic carbocycles. The quantitative estimate of drug-likeness (QED) is 0.913. The molecular weight excluding hydrogens is 318 g/mol. The molecule has 20 heavy (non-hydrogen) atoms. The average molecular weight is 340 g/mol. The van der Waals surface area contributed by atoms with Crippen molar-refractivity contribution in [3.05, 3.63) is 22.9 Å². The summed E-state index contributed by atoms with van der Waals surface area (Å²) in [6.07, 6.45) is 8.63. The predicted molar refractivity (Wildman–Crippen MR) is 84.0 cm³/mol. The minimum atomic E-state index is 0.297. The van der Waals surface area contributed by atoms with Gasteiger partial charge in [-0.1, -0.05) is 0 Å². The maximum Gasteiger partial charge on any atom is 0.0586 e. The van der Waals surface area contributed by atoms with Crippen molar-refractivity contribution in [1.29, 1.82) is 0 Å². The molecule has 0 bridgehead atoms. The van der Waals surface area contributed by atoms with Crippen LogP contribution >= 0.6 is 15.9 Å². The first-order chi connectivity index (χ1) is 9.78. The van der Waals surface area contributed by atoms with Crippen molar-refractivity contribution < 1.29 is 5.11 Å². The first-order valence-corrected chi connectivity index (χ1v) is 8.29. The van der Waals surface area contributed by atoms with Crippen LogP contribution in [0.25, 0.3) is 0 Å². The molecule has 1 N–H and O–H groups in total. The Hall–Kier alpha value is -0.650. The zero-order chi connectivity index (χ0) is 13.9. The molecular formula is C15H22BrN3O. The number of hydrogen-bond acceptors (Lipinski definition) is 4. The zero-order valence-electron chi connectivity index (χ0n) is 11.7. The third-order valence-corrected chi connectivity index (χ3v) is 4.99. The van der Waals surface area contributed by atoms with E-state index in [0.29, 0.717) is 18.7 Å². The lowest BCUT2D eigenvalue weighted by atomic mass is 10.1. The summed E-state index contributed by atoms with van der Waals surface area (Å²) in [5.74, 6) is 0. The Balaban J connectivity index is 1.69. The zero-order valence-corrected chi connectivity index (χ0v) is 13.3. The number of rotatable bonds is 4. The molecule has 2 atom stereocenters. The second-order valence-corrected chi connectivity index (χ2v) is 6.74. The molecule has 0 radical (unpaired) electrons. The molecule has 2 aliphatic rings. The normalized spacial score (nSPS) is 27.4. The summed E-state index contributed by atoms with van der Waals surface area (Å²) >= 11 is 3.51. The van der Waals surface area contributed by atoms with Gasteiger partial charge in [0.15, 0.2) is 0 Å². The predicted octanol–water partition coefficient (Wildman–Crippen LogP) is 2.27. The molecule has 2 unspecified atom stereocenters. The fourth-order valence-electron chi connectivity index (χ4n) is 3.54. The highest BCUT2D eigenvalue weighted by molar-refractivity contribution is 9.10. The van der Waals surface area contributed by atoms with E-state index in [-0.39, 0.29) is 0 Å². The van der Waals surface area contributed by atoms with E-state index in [0.717, 1.165) is 30.5 Å². The maximum atomic E-state index is 9.46. The van der Waals surface area contributed by atoms with Gasteiger partial charge in [-0.25, -0.2) is 0 Å². The van der Waals surface area contributed by atoms with Crippen LogP contribution in [0.2, 0.25) is 0 Å². The van der Waals surface area contributed by atoms with Crippen molar-refractivity contribution in [3.8, 4) is 0 Å². The van der Waals surface area contributed by atoms with Crippen molar-refractivity contribution in [2.75, 3.05) is 31.1 Å². The van der Waals surface area contributed by atoms with E-state index in [1.165, 1.54) is 24.9 Å². The van der Waals surface area contributed by atoms with Gasteiger partial charge in [0.1, 0.15) is 0 Å². The number of halogens is 1. The summed E-state index contributed by atoms with van der Waals surface area (Å²) in [7, 11) is 0. The molecule has 110 valence electrons. The Bertz CT molecular complexity index is 456. The lowest BCUT2D eigenvalue weighted by Crippen LogP contribution is -2.43. The van der Waals surface area contributed by atoms with Gasteiger partial charge in [-0.3, -0.25) is 9.88 Å². The highest BCUT2D eigenvalue weighted by Crippen LogP contribution is 2.29. The van der Waals surface area contributed by atoms with Gasteiger partial charge in [-0.05, 0) is 54.2 Å². The van der Waals surface area contributed by atoms with Gasteiger partial charge in [-0.15, -0.1) is 0 Å². The van der Waals surface area contributed by atoms with Gasteiger partial charge in [0.2, 0.25) is 0 Å². The molecule has 1 aromatic rings. The van der Waals surface area contributed by atoms with Gasteiger partial charge >= 0.3 is 0 Å². The van der Waals surface area contributed by atoms with Crippen LogP contribution in [0.5, 0.6) is 0 Å². The van der Waals surface area contributed by atoms with Crippen LogP contribution in [0.3, 0.4) is 0 Å². The molecule has 0 amide bonds. The Kier molecular flexibility index (Phi) is 4.58. The standard InChI is InChI=1S/C15H22BrN3O/c16-12-7-15(9-17-8-12)19-6-2-3-13(19)10-18-5-1-4-14(18)11-20/h7-9,13-14,20H,1-6,10-11H2. The van der Waals surface area contributed by atoms with Crippen molar-refractivity contribution in [1.82, 2.24) is 9.88 Å². The fourth-order valence-corrected chi connectivity index (χ4v) is 3.89. The number of nitrogens with zero attached hydrogens (tertiary/aromatic N) is 3. The van der Waals surface area contributed by atoms with Crippen LogP contribution < -0.4 is 4.90 Å². The monoisotopic (exact) mass is 339 g/mol. The van der Waals surface area contributed by atoms with E-state index >= 15 is 0 Å². The average Bonchev–Trinajstić information content (AvgIpc) is 3.08. The summed E-state index contributed by atoms with van der Waals surface area (Å²) in [5.41, 5.74) is 1.21. The molecule has 3 heterocycles. The summed E-state index contributed by atoms with van der Waals surface area (Å²) in [6.45, 7) is 3.61. The molecule has 2 aliphatic heterocycles. The number of pyridine rings is 1. The van der Waals surface area contributed by atoms with Gasteiger partial charge in [0.25, 0.3) is 0 Å². The second-order valence-electron chi connectivity index (χ2n) is 5.82. The van der Waals surface area contributed by atoms with Gasteiger partial charge in [-0.2, -0.15) is 0 Å². The maximum absolute atomic E-state index is 9.46. The van der Waals surface area contributed by atoms with E-state index in [1.807, 2.05) is 12.4 Å². The summed E-state index contributed by atoms with van der Waals surface area (Å²) in [6, 6.07) is 3.08. The smallest absolute Gasteiger partial charge is 0.0586 e. The Labute approximate surface area is 128 Å². The number of aromatic nitrogens is 1. The highest BCUT2D eigenvalue weighted by Gasteiger charge is 2.31. The van der Waals surface area contributed by atoms with E-state index < -0.39 is 0 Å². The van der Waals surface area contributed by atoms with Crippen molar-refractivity contribution in [2.24, 2.45) is 0 Å². The molecule has 2 fully saturated rings. The summed E-state index contributed by atoms with van der Waals surface area (Å²) < 4.78 is 1.04. The van der Waals surface area contributed by atoms with Crippen LogP contribution in [0.1, 0.15) is 25.7 Å². The lowest BCUT2D eigenvalue weighted by Gasteiger charge is -2.32. The molecule has 0 saturated carbocycles. The van der Waals surface area contributed by atoms with E-state index in [9.17, 15) is 5.11 Å². The summed E-state index contributed by atoms with van der Waals surface area (Å²) in [5, 5.41) is 9.46. The minimum absolute atomic E-state index is 0.297. The SMILES string of the molecule is OCC1CCCN1CC1CCCN1c1cncc(Br)c1. The van der Waals surface area contributed by atoms with Crippen LogP contribution in [0.4, 0.5) is 5.69 Å². The number of aliphatic hydroxyl groups excluding tert-OH is 1. The molecule has 3 rings (SSSR count). The Morgan fingerprint density at radius 2 is 2.00 bits per heavy atom. The van der Waals surface area contributed by atoms with E-state index in [1.54, 1.807) is 0 Å². The lowest BCUT2D eigenvalue weighted by molar-refractivity contribution is 0.153. The number of hydrogen-bond donors (Lipinski definition) is 1. The van der Waals surface area contributed by atoms with Crippen LogP contribution in [0, 0.1) is 0 Å². The first kappa shape index (κ1) is 14.3. The minimum Gasteiger partial charge on any atom is -0.395 e. The van der Waals surface area contributed by atoms with Crippen LogP contribution in [0.15, 0.2) is 22.9 Å². The molecule has 5 heteroatoms. The molecule has 4 nitrogen and oxygen atoms in total. The van der Waals surface area contributed by atoms with E-state index in [4.69, 9.17) is 0 Å². The second kappa shape index (κ2) is 6.41.